The Morgan fingerprint density at radius 1 is 1.03 bits per heavy atom. The second-order valence-electron chi connectivity index (χ2n) is 6.74. The Labute approximate surface area is 173 Å². The molecule has 0 aliphatic carbocycles. The first-order chi connectivity index (χ1) is 14.1. The number of hydrogen-bond donors (Lipinski definition) is 2. The third-order valence-electron chi connectivity index (χ3n) is 4.72. The Hall–Kier alpha value is -3.32. The van der Waals surface area contributed by atoms with Crippen LogP contribution < -0.4 is 11.2 Å². The number of amides is 1. The quantitative estimate of drug-likeness (QED) is 0.378. The van der Waals surface area contributed by atoms with E-state index in [0.29, 0.717) is 17.4 Å². The number of rotatable bonds is 6. The number of nitrogens with one attached hydrogen (secondary N) is 1. The molecule has 1 aromatic heterocycles. The molecule has 0 bridgehead atoms. The molecule has 0 fully saturated rings. The van der Waals surface area contributed by atoms with Crippen LogP contribution in [0.1, 0.15) is 17.0 Å². The monoisotopic (exact) mass is 403 g/mol. The predicted molar refractivity (Wildman–Crippen MR) is 117 cm³/mol. The lowest BCUT2D eigenvalue weighted by molar-refractivity contribution is -0.113. The number of nitrogen functional groups attached to an aromatic ring is 1. The van der Waals surface area contributed by atoms with Gasteiger partial charge in [0.25, 0.3) is 0 Å². The van der Waals surface area contributed by atoms with Crippen LogP contribution in [0.2, 0.25) is 0 Å². The standard InChI is InChI=1S/C22H21N5OS/c1-15-7-2-5-12-19(15)24-21(28)14-29-22-26-25-20(27(22)23)13-17-10-6-9-16-8-3-4-11-18(16)17/h2-12H,13-14,23H2,1H3,(H,24,28). The molecule has 1 amide bonds. The molecule has 0 aliphatic heterocycles. The summed E-state index contributed by atoms with van der Waals surface area (Å²) in [5, 5.41) is 14.2. The maximum atomic E-state index is 12.3. The number of nitrogens with two attached hydrogens (primary N) is 1. The van der Waals surface area contributed by atoms with Gasteiger partial charge < -0.3 is 11.2 Å². The van der Waals surface area contributed by atoms with Crippen LogP contribution in [0.3, 0.4) is 0 Å². The molecule has 0 saturated carbocycles. The lowest BCUT2D eigenvalue weighted by atomic mass is 10.0. The van der Waals surface area contributed by atoms with Crippen LogP contribution in [0, 0.1) is 6.92 Å². The third-order valence-corrected chi connectivity index (χ3v) is 5.66. The van der Waals surface area contributed by atoms with Crippen molar-refractivity contribution in [2.75, 3.05) is 16.9 Å². The predicted octanol–water partition coefficient (Wildman–Crippen LogP) is 3.78. The van der Waals surface area contributed by atoms with Crippen LogP contribution in [0.15, 0.2) is 71.9 Å². The fourth-order valence-electron chi connectivity index (χ4n) is 3.17. The van der Waals surface area contributed by atoms with Crippen molar-refractivity contribution in [1.29, 1.82) is 0 Å². The van der Waals surface area contributed by atoms with Crippen LogP contribution >= 0.6 is 11.8 Å². The summed E-state index contributed by atoms with van der Waals surface area (Å²) >= 11 is 1.27. The topological polar surface area (TPSA) is 85.8 Å². The van der Waals surface area contributed by atoms with Gasteiger partial charge in [-0.05, 0) is 34.9 Å². The highest BCUT2D eigenvalue weighted by Crippen LogP contribution is 2.22. The van der Waals surface area contributed by atoms with Crippen molar-refractivity contribution in [2.45, 2.75) is 18.5 Å². The molecule has 4 aromatic rings. The number of carbonyl (C=O) groups is 1. The van der Waals surface area contributed by atoms with Gasteiger partial charge in [0.2, 0.25) is 11.1 Å². The fraction of sp³-hybridized carbons (Fsp3) is 0.136. The van der Waals surface area contributed by atoms with Crippen LogP contribution in [-0.2, 0) is 11.2 Å². The number of para-hydroxylation sites is 1. The highest BCUT2D eigenvalue weighted by atomic mass is 32.2. The molecule has 0 unspecified atom stereocenters. The van der Waals surface area contributed by atoms with Crippen molar-refractivity contribution in [3.8, 4) is 0 Å². The molecule has 7 heteroatoms. The molecule has 0 saturated heterocycles. The number of aryl methyl sites for hydroxylation is 1. The van der Waals surface area contributed by atoms with Gasteiger partial charge in [0.05, 0.1) is 5.75 Å². The van der Waals surface area contributed by atoms with E-state index in [1.165, 1.54) is 27.2 Å². The Kier molecular flexibility index (Phi) is 5.48. The second-order valence-corrected chi connectivity index (χ2v) is 7.68. The molecule has 6 nitrogen and oxygen atoms in total. The number of hydrogen-bond acceptors (Lipinski definition) is 5. The second kappa shape index (κ2) is 8.36. The maximum absolute atomic E-state index is 12.3. The zero-order valence-electron chi connectivity index (χ0n) is 16.0. The minimum absolute atomic E-state index is 0.108. The van der Waals surface area contributed by atoms with Gasteiger partial charge in [0.15, 0.2) is 5.82 Å². The number of carbonyl (C=O) groups excluding carboxylic acids is 1. The molecular weight excluding hydrogens is 382 g/mol. The molecule has 3 aromatic carbocycles. The normalized spacial score (nSPS) is 10.9. The molecule has 1 heterocycles. The number of benzene rings is 3. The van der Waals surface area contributed by atoms with E-state index in [4.69, 9.17) is 5.84 Å². The van der Waals surface area contributed by atoms with Crippen molar-refractivity contribution in [3.05, 3.63) is 83.7 Å². The summed E-state index contributed by atoms with van der Waals surface area (Å²) in [5.74, 6) is 6.95. The fourth-order valence-corrected chi connectivity index (χ4v) is 3.85. The van der Waals surface area contributed by atoms with Gasteiger partial charge in [0.1, 0.15) is 0 Å². The smallest absolute Gasteiger partial charge is 0.234 e. The van der Waals surface area contributed by atoms with Gasteiger partial charge in [-0.15, -0.1) is 10.2 Å². The van der Waals surface area contributed by atoms with Gasteiger partial charge in [0, 0.05) is 12.1 Å². The first kappa shape index (κ1) is 19.0. The average Bonchev–Trinajstić information content (AvgIpc) is 3.08. The van der Waals surface area contributed by atoms with Crippen molar-refractivity contribution < 1.29 is 4.79 Å². The Morgan fingerprint density at radius 2 is 1.79 bits per heavy atom. The average molecular weight is 404 g/mol. The third kappa shape index (κ3) is 4.25. The summed E-state index contributed by atoms with van der Waals surface area (Å²) in [6.45, 7) is 1.96. The zero-order chi connectivity index (χ0) is 20.2. The van der Waals surface area contributed by atoms with Crippen molar-refractivity contribution in [2.24, 2.45) is 0 Å². The van der Waals surface area contributed by atoms with Crippen LogP contribution in [0.5, 0.6) is 0 Å². The van der Waals surface area contributed by atoms with Gasteiger partial charge >= 0.3 is 0 Å². The first-order valence-electron chi connectivity index (χ1n) is 9.26. The molecule has 3 N–H and O–H groups in total. The number of fused-ring (bicyclic) bond motifs is 1. The van der Waals surface area contributed by atoms with Crippen molar-refractivity contribution >= 4 is 34.1 Å². The van der Waals surface area contributed by atoms with E-state index in [1.807, 2.05) is 49.4 Å². The van der Waals surface area contributed by atoms with Crippen LogP contribution in [0.4, 0.5) is 5.69 Å². The van der Waals surface area contributed by atoms with E-state index >= 15 is 0 Å². The van der Waals surface area contributed by atoms with E-state index in [-0.39, 0.29) is 11.7 Å². The largest absolute Gasteiger partial charge is 0.336 e. The summed E-state index contributed by atoms with van der Waals surface area (Å²) in [4.78, 5) is 12.3. The van der Waals surface area contributed by atoms with Gasteiger partial charge in [-0.3, -0.25) is 4.79 Å². The molecule has 4 rings (SSSR count). The SMILES string of the molecule is Cc1ccccc1NC(=O)CSc1nnc(Cc2cccc3ccccc23)n1N. The van der Waals surface area contributed by atoms with E-state index in [1.54, 1.807) is 0 Å². The van der Waals surface area contributed by atoms with Gasteiger partial charge in [-0.25, -0.2) is 4.68 Å². The number of aromatic nitrogens is 3. The lowest BCUT2D eigenvalue weighted by Crippen LogP contribution is -2.17. The first-order valence-corrected chi connectivity index (χ1v) is 10.2. The van der Waals surface area contributed by atoms with E-state index < -0.39 is 0 Å². The van der Waals surface area contributed by atoms with Crippen LogP contribution in [-0.4, -0.2) is 26.5 Å². The van der Waals surface area contributed by atoms with E-state index in [0.717, 1.165) is 16.8 Å². The van der Waals surface area contributed by atoms with Crippen LogP contribution in [0.25, 0.3) is 10.8 Å². The molecule has 0 atom stereocenters. The molecule has 0 spiro atoms. The summed E-state index contributed by atoms with van der Waals surface area (Å²) in [6.07, 6.45) is 0.570. The molecular formula is C22H21N5OS. The molecule has 0 aliphatic rings. The number of thioether (sulfide) groups is 1. The number of anilines is 1. The summed E-state index contributed by atoms with van der Waals surface area (Å²) in [6, 6.07) is 22.1. The van der Waals surface area contributed by atoms with Crippen molar-refractivity contribution in [1.82, 2.24) is 14.9 Å². The summed E-state index contributed by atoms with van der Waals surface area (Å²) in [5.41, 5.74) is 2.96. The van der Waals surface area contributed by atoms with Crippen molar-refractivity contribution in [3.63, 3.8) is 0 Å². The maximum Gasteiger partial charge on any atom is 0.234 e. The molecule has 146 valence electrons. The lowest BCUT2D eigenvalue weighted by Gasteiger charge is -2.08. The molecule has 29 heavy (non-hydrogen) atoms. The summed E-state index contributed by atoms with van der Waals surface area (Å²) in [7, 11) is 0. The highest BCUT2D eigenvalue weighted by Gasteiger charge is 2.14. The summed E-state index contributed by atoms with van der Waals surface area (Å²) < 4.78 is 1.47. The Morgan fingerprint density at radius 3 is 2.66 bits per heavy atom. The highest BCUT2D eigenvalue weighted by molar-refractivity contribution is 7.99. The van der Waals surface area contributed by atoms with E-state index in [2.05, 4.69) is 39.8 Å². The minimum Gasteiger partial charge on any atom is -0.336 e. The zero-order valence-corrected chi connectivity index (χ0v) is 16.8. The Balaban J connectivity index is 1.43. The minimum atomic E-state index is -0.108. The van der Waals surface area contributed by atoms with Gasteiger partial charge in [-0.2, -0.15) is 0 Å². The van der Waals surface area contributed by atoms with E-state index in [9.17, 15) is 4.79 Å². The van der Waals surface area contributed by atoms with Gasteiger partial charge in [-0.1, -0.05) is 72.4 Å². The number of nitrogens with zero attached hydrogens (tertiary/aromatic N) is 3. The Bertz CT molecular complexity index is 1170. The molecule has 0 radical (unpaired) electrons.